The van der Waals surface area contributed by atoms with Gasteiger partial charge in [-0.3, -0.25) is 14.5 Å². The predicted octanol–water partition coefficient (Wildman–Crippen LogP) is 1.52. The van der Waals surface area contributed by atoms with Crippen molar-refractivity contribution in [2.75, 3.05) is 19.6 Å². The van der Waals surface area contributed by atoms with Crippen molar-refractivity contribution in [3.8, 4) is 0 Å². The maximum atomic E-state index is 11.9. The Morgan fingerprint density at radius 2 is 2.21 bits per heavy atom. The van der Waals surface area contributed by atoms with E-state index in [0.29, 0.717) is 12.5 Å². The number of aryl methyl sites for hydroxylation is 1. The molecule has 1 aliphatic rings. The Morgan fingerprint density at radius 1 is 1.42 bits per heavy atom. The molecule has 1 saturated heterocycles. The molecule has 3 heterocycles. The van der Waals surface area contributed by atoms with Crippen LogP contribution in [0, 0.1) is 12.8 Å². The SMILES string of the molecule is Cc1[nH]cnc1CN1CCC(CNC(=O)C(=O)c2ccco2)CC1. The molecule has 0 atom stereocenters. The van der Waals surface area contributed by atoms with Crippen LogP contribution in [0.2, 0.25) is 0 Å². The van der Waals surface area contributed by atoms with Crippen molar-refractivity contribution >= 4 is 11.7 Å². The monoisotopic (exact) mass is 330 g/mol. The first-order valence-corrected chi connectivity index (χ1v) is 8.20. The number of amides is 1. The number of hydrogen-bond acceptors (Lipinski definition) is 5. The molecule has 1 fully saturated rings. The molecule has 0 bridgehead atoms. The zero-order valence-electron chi connectivity index (χ0n) is 13.7. The average molecular weight is 330 g/mol. The Morgan fingerprint density at radius 3 is 2.83 bits per heavy atom. The van der Waals surface area contributed by atoms with Crippen LogP contribution in [-0.4, -0.2) is 46.2 Å². The Bertz CT molecular complexity index is 685. The molecule has 0 aliphatic carbocycles. The van der Waals surface area contributed by atoms with Crippen molar-refractivity contribution in [1.82, 2.24) is 20.2 Å². The zero-order chi connectivity index (χ0) is 16.9. The molecule has 0 saturated carbocycles. The van der Waals surface area contributed by atoms with E-state index < -0.39 is 11.7 Å². The molecule has 3 rings (SSSR count). The molecule has 7 heteroatoms. The summed E-state index contributed by atoms with van der Waals surface area (Å²) in [5.41, 5.74) is 2.20. The minimum absolute atomic E-state index is 0.0803. The molecule has 2 aromatic heterocycles. The zero-order valence-corrected chi connectivity index (χ0v) is 13.7. The summed E-state index contributed by atoms with van der Waals surface area (Å²) in [7, 11) is 0. The van der Waals surface area contributed by atoms with Crippen LogP contribution in [-0.2, 0) is 11.3 Å². The van der Waals surface area contributed by atoms with Gasteiger partial charge in [0.25, 0.3) is 11.7 Å². The second-order valence-corrected chi connectivity index (χ2v) is 6.21. The van der Waals surface area contributed by atoms with Crippen LogP contribution in [0.4, 0.5) is 0 Å². The molecule has 7 nitrogen and oxygen atoms in total. The molecule has 1 amide bonds. The first kappa shape index (κ1) is 16.4. The normalized spacial score (nSPS) is 16.2. The van der Waals surface area contributed by atoms with E-state index in [-0.39, 0.29) is 5.76 Å². The van der Waals surface area contributed by atoms with Crippen LogP contribution in [0.15, 0.2) is 29.1 Å². The molecular weight excluding hydrogens is 308 g/mol. The third kappa shape index (κ3) is 3.91. The number of imidazole rings is 1. The van der Waals surface area contributed by atoms with Gasteiger partial charge in [-0.15, -0.1) is 0 Å². The van der Waals surface area contributed by atoms with Crippen molar-refractivity contribution in [2.24, 2.45) is 5.92 Å². The summed E-state index contributed by atoms with van der Waals surface area (Å²) < 4.78 is 4.96. The van der Waals surface area contributed by atoms with E-state index in [9.17, 15) is 9.59 Å². The average Bonchev–Trinajstić information content (AvgIpc) is 3.26. The fraction of sp³-hybridized carbons (Fsp3) is 0.471. The van der Waals surface area contributed by atoms with E-state index in [2.05, 4.69) is 20.2 Å². The van der Waals surface area contributed by atoms with Gasteiger partial charge in [0.15, 0.2) is 5.76 Å². The van der Waals surface area contributed by atoms with E-state index in [1.54, 1.807) is 12.4 Å². The van der Waals surface area contributed by atoms with E-state index in [0.717, 1.165) is 43.9 Å². The summed E-state index contributed by atoms with van der Waals surface area (Å²) >= 11 is 0. The number of aromatic amines is 1. The Hall–Kier alpha value is -2.41. The molecule has 128 valence electrons. The van der Waals surface area contributed by atoms with Gasteiger partial charge >= 0.3 is 0 Å². The Balaban J connectivity index is 1.40. The van der Waals surface area contributed by atoms with Crippen molar-refractivity contribution in [3.63, 3.8) is 0 Å². The lowest BCUT2D eigenvalue weighted by Gasteiger charge is -2.31. The van der Waals surface area contributed by atoms with Crippen LogP contribution in [0.3, 0.4) is 0 Å². The number of Topliss-reactive ketones (excluding diaryl/α,β-unsaturated/α-hetero) is 1. The van der Waals surface area contributed by atoms with Gasteiger partial charge in [-0.2, -0.15) is 0 Å². The van der Waals surface area contributed by atoms with E-state index in [1.807, 2.05) is 6.92 Å². The lowest BCUT2D eigenvalue weighted by atomic mass is 9.96. The van der Waals surface area contributed by atoms with E-state index in [4.69, 9.17) is 4.42 Å². The molecule has 2 N–H and O–H groups in total. The highest BCUT2D eigenvalue weighted by Crippen LogP contribution is 2.18. The molecule has 0 radical (unpaired) electrons. The van der Waals surface area contributed by atoms with Crippen LogP contribution >= 0.6 is 0 Å². The van der Waals surface area contributed by atoms with Crippen molar-refractivity contribution in [1.29, 1.82) is 0 Å². The van der Waals surface area contributed by atoms with Gasteiger partial charge in [0.05, 0.1) is 18.3 Å². The molecule has 24 heavy (non-hydrogen) atoms. The summed E-state index contributed by atoms with van der Waals surface area (Å²) in [6.45, 7) is 5.35. The largest absolute Gasteiger partial charge is 0.461 e. The van der Waals surface area contributed by atoms with E-state index in [1.165, 1.54) is 12.3 Å². The van der Waals surface area contributed by atoms with Crippen molar-refractivity contribution in [2.45, 2.75) is 26.3 Å². The number of aromatic nitrogens is 2. The maximum Gasteiger partial charge on any atom is 0.295 e. The number of ketones is 1. The maximum absolute atomic E-state index is 11.9. The standard InChI is InChI=1S/C17H22N4O3/c1-12-14(20-11-19-12)10-21-6-4-13(5-7-21)9-18-17(23)16(22)15-3-2-8-24-15/h2-3,8,11,13H,4-7,9-10H2,1H3,(H,18,23)(H,19,20). The first-order valence-electron chi connectivity index (χ1n) is 8.20. The molecule has 1 aliphatic heterocycles. The van der Waals surface area contributed by atoms with Crippen molar-refractivity contribution < 1.29 is 14.0 Å². The Kier molecular flexibility index (Phi) is 5.10. The number of H-pyrrole nitrogens is 1. The van der Waals surface area contributed by atoms with E-state index >= 15 is 0 Å². The van der Waals surface area contributed by atoms with Gasteiger partial charge in [-0.25, -0.2) is 4.98 Å². The summed E-state index contributed by atoms with van der Waals surface area (Å²) in [5, 5.41) is 2.73. The summed E-state index contributed by atoms with van der Waals surface area (Å²) in [4.78, 5) is 33.5. The van der Waals surface area contributed by atoms with Crippen molar-refractivity contribution in [3.05, 3.63) is 41.9 Å². The summed E-state index contributed by atoms with van der Waals surface area (Å²) in [5.74, 6) is -0.738. The second kappa shape index (κ2) is 7.44. The highest BCUT2D eigenvalue weighted by Gasteiger charge is 2.23. The van der Waals surface area contributed by atoms with Gasteiger partial charge in [-0.05, 0) is 50.9 Å². The molecule has 2 aromatic rings. The van der Waals surface area contributed by atoms with Gasteiger partial charge in [-0.1, -0.05) is 0 Å². The van der Waals surface area contributed by atoms with Gasteiger partial charge in [0.1, 0.15) is 0 Å². The third-order valence-corrected chi connectivity index (χ3v) is 4.52. The molecule has 0 aromatic carbocycles. The lowest BCUT2D eigenvalue weighted by molar-refractivity contribution is -0.117. The number of nitrogens with zero attached hydrogens (tertiary/aromatic N) is 2. The third-order valence-electron chi connectivity index (χ3n) is 4.52. The fourth-order valence-corrected chi connectivity index (χ4v) is 2.94. The molecular formula is C17H22N4O3. The van der Waals surface area contributed by atoms with Crippen LogP contribution in [0.1, 0.15) is 34.8 Å². The molecule has 0 spiro atoms. The molecule has 0 unspecified atom stereocenters. The number of nitrogens with one attached hydrogen (secondary N) is 2. The Labute approximate surface area is 140 Å². The van der Waals surface area contributed by atoms with Crippen LogP contribution < -0.4 is 5.32 Å². The number of carbonyl (C=O) groups excluding carboxylic acids is 2. The number of likely N-dealkylation sites (tertiary alicyclic amines) is 1. The first-order chi connectivity index (χ1) is 11.6. The lowest BCUT2D eigenvalue weighted by Crippen LogP contribution is -2.40. The highest BCUT2D eigenvalue weighted by atomic mass is 16.3. The number of piperidine rings is 1. The number of rotatable bonds is 6. The minimum Gasteiger partial charge on any atom is -0.461 e. The smallest absolute Gasteiger partial charge is 0.295 e. The number of hydrogen-bond donors (Lipinski definition) is 2. The quantitative estimate of drug-likeness (QED) is 0.619. The second-order valence-electron chi connectivity index (χ2n) is 6.21. The minimum atomic E-state index is -0.619. The number of carbonyl (C=O) groups is 2. The van der Waals surface area contributed by atoms with Gasteiger partial charge in [0.2, 0.25) is 0 Å². The number of furan rings is 1. The summed E-state index contributed by atoms with van der Waals surface area (Å²) in [6, 6.07) is 3.09. The highest BCUT2D eigenvalue weighted by molar-refractivity contribution is 6.42. The van der Waals surface area contributed by atoms with Crippen LogP contribution in [0.25, 0.3) is 0 Å². The van der Waals surface area contributed by atoms with Gasteiger partial charge < -0.3 is 14.7 Å². The van der Waals surface area contributed by atoms with Crippen LogP contribution in [0.5, 0.6) is 0 Å². The fourth-order valence-electron chi connectivity index (χ4n) is 2.94. The topological polar surface area (TPSA) is 91.2 Å². The summed E-state index contributed by atoms with van der Waals surface area (Å²) in [6.07, 6.45) is 5.11. The van der Waals surface area contributed by atoms with Gasteiger partial charge in [0, 0.05) is 18.8 Å². The predicted molar refractivity (Wildman–Crippen MR) is 87.4 cm³/mol.